The Morgan fingerprint density at radius 1 is 1.00 bits per heavy atom. The molecule has 79 heavy (non-hydrogen) atoms. The highest BCUT2D eigenvalue weighted by atomic mass is 32.1. The molecule has 3 N–H and O–H groups in total. The second-order valence-electron chi connectivity index (χ2n) is 20.2. The molecule has 1 unspecified atom stereocenters. The monoisotopic (exact) mass is 1150 g/mol. The average Bonchev–Trinajstić information content (AvgIpc) is 4.03. The molecular formula is C53H51F9N8O7S2. The molecule has 420 valence electrons. The summed E-state index contributed by atoms with van der Waals surface area (Å²) in [5, 5.41) is 24.5. The van der Waals surface area contributed by atoms with Gasteiger partial charge in [0, 0.05) is 37.6 Å². The molecule has 15 nitrogen and oxygen atoms in total. The van der Waals surface area contributed by atoms with Crippen molar-refractivity contribution in [1.82, 2.24) is 25.5 Å². The first kappa shape index (κ1) is 59.5. The molecule has 5 aromatic rings. The zero-order chi connectivity index (χ0) is 58.1. The lowest BCUT2D eigenvalue weighted by molar-refractivity contribution is -0.144. The molecule has 26 heteroatoms. The minimum Gasteiger partial charge on any atom is -0.493 e. The number of β-amino-alcohol motifs (C(OH)–C–C–N with tert-alkyl or cyclic N) is 1. The molecule has 7 rings (SSSR count). The third kappa shape index (κ3) is 13.0. The highest BCUT2D eigenvalue weighted by Crippen LogP contribution is 2.44. The number of benzene rings is 3. The number of pyridine rings is 1. The Bertz CT molecular complexity index is 3200. The number of aromatic nitrogens is 2. The predicted octanol–water partition coefficient (Wildman–Crippen LogP) is 9.22. The van der Waals surface area contributed by atoms with Gasteiger partial charge in [-0.15, -0.1) is 11.3 Å². The van der Waals surface area contributed by atoms with E-state index < -0.39 is 154 Å². The molecule has 2 saturated heterocycles. The summed E-state index contributed by atoms with van der Waals surface area (Å²) in [4.78, 5) is 65.9. The van der Waals surface area contributed by atoms with E-state index >= 15 is 13.2 Å². The van der Waals surface area contributed by atoms with E-state index in [9.17, 15) is 50.6 Å². The van der Waals surface area contributed by atoms with Crippen LogP contribution in [0.3, 0.4) is 0 Å². The number of ether oxygens (including phenoxy) is 2. The molecule has 0 spiro atoms. The number of carbonyl (C=O) groups excluding carboxylic acids is 4. The van der Waals surface area contributed by atoms with E-state index in [0.29, 0.717) is 23.1 Å². The number of thiocarbonyl (C=S) groups is 1. The van der Waals surface area contributed by atoms with E-state index in [1.54, 1.807) is 26.3 Å². The van der Waals surface area contributed by atoms with Gasteiger partial charge in [-0.3, -0.25) is 29.1 Å². The lowest BCUT2D eigenvalue weighted by Crippen LogP contribution is -2.58. The van der Waals surface area contributed by atoms with Gasteiger partial charge in [0.25, 0.3) is 5.91 Å². The van der Waals surface area contributed by atoms with Gasteiger partial charge in [-0.25, -0.2) is 18.2 Å². The Kier molecular flexibility index (Phi) is 17.5. The number of likely N-dealkylation sites (tertiary alicyclic amines) is 1. The van der Waals surface area contributed by atoms with Crippen LogP contribution in [0.1, 0.15) is 75.4 Å². The van der Waals surface area contributed by atoms with Crippen molar-refractivity contribution in [2.24, 2.45) is 5.41 Å². The fourth-order valence-corrected chi connectivity index (χ4v) is 10.3. The number of amides is 4. The Balaban J connectivity index is 0.927. The van der Waals surface area contributed by atoms with Gasteiger partial charge in [0.15, 0.2) is 16.7 Å². The van der Waals surface area contributed by atoms with Crippen molar-refractivity contribution >= 4 is 63.7 Å². The highest BCUT2D eigenvalue weighted by Gasteiger charge is 2.52. The summed E-state index contributed by atoms with van der Waals surface area (Å²) in [7, 11) is 0. The third-order valence-electron chi connectivity index (χ3n) is 13.0. The maximum Gasteiger partial charge on any atom is 0.420 e. The summed E-state index contributed by atoms with van der Waals surface area (Å²) in [6.07, 6.45) is -12.9. The van der Waals surface area contributed by atoms with Crippen molar-refractivity contribution in [3.8, 4) is 33.5 Å². The number of rotatable bonds is 17. The van der Waals surface area contributed by atoms with Crippen LogP contribution in [0, 0.1) is 35.3 Å². The summed E-state index contributed by atoms with van der Waals surface area (Å²) in [6.45, 7) is 7.50. The van der Waals surface area contributed by atoms with Crippen LogP contribution in [0.25, 0.3) is 21.7 Å². The van der Waals surface area contributed by atoms with E-state index in [1.165, 1.54) is 36.2 Å². The van der Waals surface area contributed by atoms with Gasteiger partial charge in [-0.05, 0) is 79.9 Å². The summed E-state index contributed by atoms with van der Waals surface area (Å²) >= 11 is 6.87. The zero-order valence-corrected chi connectivity index (χ0v) is 44.6. The topological polar surface area (TPSA) is 190 Å². The Hall–Kier alpha value is -7.21. The number of aryl methyl sites for hydroxylation is 1. The highest BCUT2D eigenvalue weighted by molar-refractivity contribution is 7.81. The van der Waals surface area contributed by atoms with Crippen molar-refractivity contribution in [3.05, 3.63) is 112 Å². The van der Waals surface area contributed by atoms with Crippen molar-refractivity contribution < 1.29 is 73.3 Å². The van der Waals surface area contributed by atoms with Crippen LogP contribution in [-0.4, -0.2) is 105 Å². The number of hydrogen-bond donors (Lipinski definition) is 3. The number of aliphatic hydroxyl groups excluding tert-OH is 1. The van der Waals surface area contributed by atoms with Crippen LogP contribution in [0.5, 0.6) is 5.75 Å². The van der Waals surface area contributed by atoms with Crippen molar-refractivity contribution in [1.29, 1.82) is 5.26 Å². The maximum atomic E-state index is 15.9. The largest absolute Gasteiger partial charge is 0.493 e. The number of halogens is 9. The number of hydrogen-bond acceptors (Lipinski definition) is 12. The molecule has 4 atom stereocenters. The first-order valence-corrected chi connectivity index (χ1v) is 25.5. The minimum atomic E-state index is -5.36. The van der Waals surface area contributed by atoms with Crippen molar-refractivity contribution in [2.45, 2.75) is 103 Å². The second-order valence-corrected chi connectivity index (χ2v) is 21.4. The standard InChI is InChI=1S/C53H51F9N8O7S2/c1-27-44(79-26-66-27)29-9-7-28(8-10-29)21-65-46(73)39-18-33(71)23-68(39)47(74)45(50(2,3)4)67-40(72)25-76-24-31(54)15-16-77-34-12-13-35(36(19-34)52(57,58)59)43-37(55)17-32(22-64-43)70-49(78)69(48(75)51(70,5)6)38-14-11-30(20-63)41(42(38)56)53(60,61)62/h7-14,17,19,22,26,31,33,39,45,71H,15-16,18,21,23-25H2,1-6H3,(H,65,73)(H,67,72)/t31?,33-,39+,45-/m1/s1. The fourth-order valence-electron chi connectivity index (χ4n) is 9.00. The number of thiazole rings is 1. The van der Waals surface area contributed by atoms with Crippen LogP contribution < -0.4 is 25.2 Å². The van der Waals surface area contributed by atoms with E-state index in [4.69, 9.17) is 27.0 Å². The Labute approximate surface area is 456 Å². The first-order valence-electron chi connectivity index (χ1n) is 24.2. The van der Waals surface area contributed by atoms with Gasteiger partial charge >= 0.3 is 12.4 Å². The SMILES string of the molecule is Cc1ncsc1-c1ccc(CNC(=O)[C@@H]2C[C@@H](O)CN2C(=O)[C@@H](NC(=O)COCC(F)CCOc2ccc(-c3ncc(N4C(=S)N(c5ccc(C#N)c(C(F)(F)F)c5F)C(=O)C4(C)C)cc3F)c(C(F)(F)F)c2)C(C)(C)C)cc1. The quantitative estimate of drug-likeness (QED) is 0.0592. The third-order valence-corrected chi connectivity index (χ3v) is 14.4. The van der Waals surface area contributed by atoms with Gasteiger partial charge in [-0.2, -0.15) is 31.6 Å². The molecule has 0 bridgehead atoms. The molecular weight excluding hydrogens is 1100 g/mol. The van der Waals surface area contributed by atoms with Crippen molar-refractivity contribution in [3.63, 3.8) is 0 Å². The van der Waals surface area contributed by atoms with Gasteiger partial charge in [0.1, 0.15) is 47.4 Å². The summed E-state index contributed by atoms with van der Waals surface area (Å²) in [5.74, 6) is -6.76. The average molecular weight is 1150 g/mol. The molecule has 2 aliphatic heterocycles. The molecule has 2 aliphatic rings. The van der Waals surface area contributed by atoms with Crippen LogP contribution in [-0.2, 0) is 42.8 Å². The maximum absolute atomic E-state index is 15.9. The van der Waals surface area contributed by atoms with Crippen LogP contribution >= 0.6 is 23.6 Å². The minimum absolute atomic E-state index is 0.0415. The number of alkyl halides is 7. The van der Waals surface area contributed by atoms with Crippen LogP contribution in [0.2, 0.25) is 0 Å². The van der Waals surface area contributed by atoms with E-state index in [1.807, 2.05) is 31.2 Å². The van der Waals surface area contributed by atoms with Gasteiger partial charge in [0.2, 0.25) is 17.7 Å². The molecule has 2 aromatic heterocycles. The van der Waals surface area contributed by atoms with Gasteiger partial charge in [0.05, 0.1) is 70.2 Å². The number of nitriles is 1. The molecule has 3 aromatic carbocycles. The number of nitrogens with zero attached hydrogens (tertiary/aromatic N) is 6. The van der Waals surface area contributed by atoms with Crippen LogP contribution in [0.15, 0.2) is 72.4 Å². The molecule has 0 saturated carbocycles. The predicted molar refractivity (Wildman–Crippen MR) is 275 cm³/mol. The van der Waals surface area contributed by atoms with Gasteiger partial charge < -0.3 is 35.0 Å². The second kappa shape index (κ2) is 23.2. The summed E-state index contributed by atoms with van der Waals surface area (Å²) in [6, 6.07) is 11.0. The number of carbonyl (C=O) groups is 4. The molecule has 4 amide bonds. The number of anilines is 2. The lowest BCUT2D eigenvalue weighted by atomic mass is 9.85. The van der Waals surface area contributed by atoms with Crippen LogP contribution in [0.4, 0.5) is 50.9 Å². The first-order chi connectivity index (χ1) is 36.9. The van der Waals surface area contributed by atoms with E-state index in [-0.39, 0.29) is 25.2 Å². The zero-order valence-electron chi connectivity index (χ0n) is 43.0. The van der Waals surface area contributed by atoms with E-state index in [2.05, 4.69) is 20.6 Å². The number of aliphatic hydroxyl groups is 1. The summed E-state index contributed by atoms with van der Waals surface area (Å²) < 4.78 is 142. The van der Waals surface area contributed by atoms with E-state index in [0.717, 1.165) is 51.0 Å². The molecule has 4 heterocycles. The number of nitrogens with one attached hydrogen (secondary N) is 2. The van der Waals surface area contributed by atoms with Gasteiger partial charge in [-0.1, -0.05) is 45.0 Å². The molecule has 2 fully saturated rings. The summed E-state index contributed by atoms with van der Waals surface area (Å²) in [5.41, 5.74) is -5.68. The fraction of sp³-hybridized carbons (Fsp3) is 0.396. The Morgan fingerprint density at radius 2 is 1.70 bits per heavy atom. The molecule has 0 radical (unpaired) electrons. The smallest absolute Gasteiger partial charge is 0.420 e. The molecule has 0 aliphatic carbocycles. The lowest BCUT2D eigenvalue weighted by Gasteiger charge is -2.35. The normalized spacial score (nSPS) is 17.4. The Morgan fingerprint density at radius 3 is 2.30 bits per heavy atom. The van der Waals surface area contributed by atoms with Crippen molar-refractivity contribution in [2.75, 3.05) is 36.2 Å².